The zero-order chi connectivity index (χ0) is 15.2. The Morgan fingerprint density at radius 3 is 2.24 bits per heavy atom. The predicted molar refractivity (Wildman–Crippen MR) is 75.1 cm³/mol. The van der Waals surface area contributed by atoms with Gasteiger partial charge in [0.15, 0.2) is 0 Å². The third kappa shape index (κ3) is 3.38. The van der Waals surface area contributed by atoms with Crippen LogP contribution >= 0.6 is 0 Å². The van der Waals surface area contributed by atoms with E-state index < -0.39 is 0 Å². The summed E-state index contributed by atoms with van der Waals surface area (Å²) in [4.78, 5) is 36.7. The molecule has 0 unspecified atom stereocenters. The van der Waals surface area contributed by atoms with Crippen molar-refractivity contribution in [2.24, 2.45) is 0 Å². The fourth-order valence-electron chi connectivity index (χ4n) is 2.05. The highest BCUT2D eigenvalue weighted by atomic mass is 16.5. The molecule has 2 rings (SSSR count). The van der Waals surface area contributed by atoms with Crippen LogP contribution in [0.25, 0.3) is 0 Å². The van der Waals surface area contributed by atoms with E-state index in [2.05, 4.69) is 10.6 Å². The molecule has 0 atom stereocenters. The molecular formula is C14H17N3O4. The van der Waals surface area contributed by atoms with E-state index in [1.54, 1.807) is 31.4 Å². The lowest BCUT2D eigenvalue weighted by Gasteiger charge is -2.14. The summed E-state index contributed by atoms with van der Waals surface area (Å²) in [6.07, 6.45) is 0. The predicted octanol–water partition coefficient (Wildman–Crippen LogP) is 0.228. The molecule has 112 valence electrons. The van der Waals surface area contributed by atoms with Gasteiger partial charge in [0.1, 0.15) is 0 Å². The first-order valence-electron chi connectivity index (χ1n) is 6.61. The highest BCUT2D eigenvalue weighted by Gasteiger charge is 2.34. The van der Waals surface area contributed by atoms with Crippen molar-refractivity contribution in [2.45, 2.75) is 0 Å². The Morgan fingerprint density at radius 1 is 1.10 bits per heavy atom. The van der Waals surface area contributed by atoms with Gasteiger partial charge in [-0.2, -0.15) is 0 Å². The first-order chi connectivity index (χ1) is 10.1. The van der Waals surface area contributed by atoms with Crippen LogP contribution in [0.2, 0.25) is 0 Å². The van der Waals surface area contributed by atoms with Crippen LogP contribution in [0.3, 0.4) is 0 Å². The SMILES string of the molecule is COCCNC(=O)NCCN1C(=O)c2ccccc2C1=O. The number of rotatable bonds is 6. The summed E-state index contributed by atoms with van der Waals surface area (Å²) in [5, 5.41) is 5.17. The van der Waals surface area contributed by atoms with Crippen LogP contribution < -0.4 is 10.6 Å². The fraction of sp³-hybridized carbons (Fsp3) is 0.357. The lowest BCUT2D eigenvalue weighted by Crippen LogP contribution is -2.42. The van der Waals surface area contributed by atoms with E-state index in [4.69, 9.17) is 4.74 Å². The molecule has 0 saturated heterocycles. The second kappa shape index (κ2) is 6.85. The van der Waals surface area contributed by atoms with Crippen molar-refractivity contribution < 1.29 is 19.1 Å². The number of imide groups is 1. The molecular weight excluding hydrogens is 274 g/mol. The van der Waals surface area contributed by atoms with Crippen LogP contribution in [-0.2, 0) is 4.74 Å². The Morgan fingerprint density at radius 2 is 1.67 bits per heavy atom. The van der Waals surface area contributed by atoms with Gasteiger partial charge in [-0.15, -0.1) is 0 Å². The number of hydrogen-bond donors (Lipinski definition) is 2. The maximum atomic E-state index is 12.1. The van der Waals surface area contributed by atoms with Crippen LogP contribution in [0.4, 0.5) is 4.79 Å². The second-order valence-electron chi connectivity index (χ2n) is 4.48. The Labute approximate surface area is 122 Å². The molecule has 0 aromatic heterocycles. The fourth-order valence-corrected chi connectivity index (χ4v) is 2.05. The number of carbonyl (C=O) groups is 3. The summed E-state index contributed by atoms with van der Waals surface area (Å²) >= 11 is 0. The van der Waals surface area contributed by atoms with E-state index in [0.29, 0.717) is 24.3 Å². The van der Waals surface area contributed by atoms with E-state index in [9.17, 15) is 14.4 Å². The number of ether oxygens (including phenoxy) is 1. The summed E-state index contributed by atoms with van der Waals surface area (Å²) < 4.78 is 4.80. The number of nitrogens with zero attached hydrogens (tertiary/aromatic N) is 1. The molecule has 0 aliphatic carbocycles. The monoisotopic (exact) mass is 291 g/mol. The minimum absolute atomic E-state index is 0.143. The normalized spacial score (nSPS) is 13.3. The number of nitrogens with one attached hydrogen (secondary N) is 2. The summed E-state index contributed by atoms with van der Waals surface area (Å²) in [7, 11) is 1.54. The van der Waals surface area contributed by atoms with Crippen molar-refractivity contribution >= 4 is 17.8 Å². The number of methoxy groups -OCH3 is 1. The molecule has 7 heteroatoms. The van der Waals surface area contributed by atoms with Crippen LogP contribution in [0.5, 0.6) is 0 Å². The van der Waals surface area contributed by atoms with Crippen LogP contribution in [-0.4, -0.2) is 56.1 Å². The summed E-state index contributed by atoms with van der Waals surface area (Å²) in [5.74, 6) is -0.644. The molecule has 1 aromatic rings. The second-order valence-corrected chi connectivity index (χ2v) is 4.48. The summed E-state index contributed by atoms with van der Waals surface area (Å²) in [6.45, 7) is 1.16. The van der Waals surface area contributed by atoms with E-state index in [0.717, 1.165) is 4.90 Å². The van der Waals surface area contributed by atoms with Gasteiger partial charge in [-0.25, -0.2) is 4.79 Å². The molecule has 1 aliphatic rings. The van der Waals surface area contributed by atoms with Crippen molar-refractivity contribution in [3.63, 3.8) is 0 Å². The maximum Gasteiger partial charge on any atom is 0.314 e. The average molecular weight is 291 g/mol. The van der Waals surface area contributed by atoms with Gasteiger partial charge >= 0.3 is 6.03 Å². The highest BCUT2D eigenvalue weighted by Crippen LogP contribution is 2.21. The van der Waals surface area contributed by atoms with Crippen molar-refractivity contribution in [2.75, 3.05) is 33.4 Å². The Kier molecular flexibility index (Phi) is 4.89. The highest BCUT2D eigenvalue weighted by molar-refractivity contribution is 6.21. The van der Waals surface area contributed by atoms with Crippen molar-refractivity contribution in [3.05, 3.63) is 35.4 Å². The first kappa shape index (κ1) is 15.0. The Hall–Kier alpha value is -2.41. The van der Waals surface area contributed by atoms with Gasteiger partial charge in [-0.05, 0) is 12.1 Å². The first-order valence-corrected chi connectivity index (χ1v) is 6.61. The Balaban J connectivity index is 1.81. The third-order valence-corrected chi connectivity index (χ3v) is 3.09. The molecule has 1 aliphatic heterocycles. The largest absolute Gasteiger partial charge is 0.383 e. The number of fused-ring (bicyclic) bond motifs is 1. The molecule has 0 saturated carbocycles. The van der Waals surface area contributed by atoms with Gasteiger partial charge in [0, 0.05) is 26.7 Å². The third-order valence-electron chi connectivity index (χ3n) is 3.09. The number of benzene rings is 1. The number of urea groups is 1. The summed E-state index contributed by atoms with van der Waals surface area (Å²) in [5.41, 5.74) is 0.819. The van der Waals surface area contributed by atoms with Gasteiger partial charge in [0.25, 0.3) is 11.8 Å². The lowest BCUT2D eigenvalue weighted by molar-refractivity contribution is 0.0656. The Bertz CT molecular complexity index is 524. The molecule has 21 heavy (non-hydrogen) atoms. The molecule has 0 radical (unpaired) electrons. The molecule has 1 heterocycles. The van der Waals surface area contributed by atoms with Crippen LogP contribution in [0.1, 0.15) is 20.7 Å². The van der Waals surface area contributed by atoms with Crippen molar-refractivity contribution in [3.8, 4) is 0 Å². The van der Waals surface area contributed by atoms with Gasteiger partial charge in [-0.1, -0.05) is 12.1 Å². The van der Waals surface area contributed by atoms with Crippen molar-refractivity contribution in [1.29, 1.82) is 0 Å². The molecule has 2 N–H and O–H groups in total. The van der Waals surface area contributed by atoms with E-state index in [1.165, 1.54) is 0 Å². The topological polar surface area (TPSA) is 87.7 Å². The van der Waals surface area contributed by atoms with Crippen LogP contribution in [0, 0.1) is 0 Å². The number of hydrogen-bond acceptors (Lipinski definition) is 4. The molecule has 1 aromatic carbocycles. The number of carbonyl (C=O) groups excluding carboxylic acids is 3. The lowest BCUT2D eigenvalue weighted by atomic mass is 10.1. The zero-order valence-corrected chi connectivity index (χ0v) is 11.7. The minimum Gasteiger partial charge on any atom is -0.383 e. The maximum absolute atomic E-state index is 12.1. The molecule has 0 spiro atoms. The van der Waals surface area contributed by atoms with Gasteiger partial charge in [0.05, 0.1) is 17.7 Å². The standard InChI is InChI=1S/C14H17N3O4/c1-21-9-7-16-14(20)15-6-8-17-12(18)10-4-2-3-5-11(10)13(17)19/h2-5H,6-9H2,1H3,(H2,15,16,20). The van der Waals surface area contributed by atoms with Gasteiger partial charge < -0.3 is 15.4 Å². The van der Waals surface area contributed by atoms with E-state index >= 15 is 0 Å². The van der Waals surface area contributed by atoms with E-state index in [-0.39, 0.29) is 30.9 Å². The molecule has 0 fully saturated rings. The molecule has 0 bridgehead atoms. The van der Waals surface area contributed by atoms with Crippen LogP contribution in [0.15, 0.2) is 24.3 Å². The van der Waals surface area contributed by atoms with E-state index in [1.807, 2.05) is 0 Å². The quantitative estimate of drug-likeness (QED) is 0.580. The minimum atomic E-state index is -0.358. The molecule has 4 amide bonds. The van der Waals surface area contributed by atoms with Gasteiger partial charge in [0.2, 0.25) is 0 Å². The zero-order valence-electron chi connectivity index (χ0n) is 11.7. The van der Waals surface area contributed by atoms with Crippen molar-refractivity contribution in [1.82, 2.24) is 15.5 Å². The van der Waals surface area contributed by atoms with Gasteiger partial charge in [-0.3, -0.25) is 14.5 Å². The smallest absolute Gasteiger partial charge is 0.314 e. The average Bonchev–Trinajstić information content (AvgIpc) is 2.73. The molecule has 7 nitrogen and oxygen atoms in total. The summed E-state index contributed by atoms with van der Waals surface area (Å²) in [6, 6.07) is 6.33. The number of amides is 4.